The van der Waals surface area contributed by atoms with Crippen LogP contribution in [0.5, 0.6) is 17.2 Å². The molecule has 0 unspecified atom stereocenters. The molecule has 0 saturated carbocycles. The van der Waals surface area contributed by atoms with E-state index in [9.17, 15) is 13.2 Å². The first-order chi connectivity index (χ1) is 14.3. The van der Waals surface area contributed by atoms with Crippen LogP contribution in [0.15, 0.2) is 36.4 Å². The third kappa shape index (κ3) is 6.64. The van der Waals surface area contributed by atoms with E-state index in [-0.39, 0.29) is 11.7 Å². The van der Waals surface area contributed by atoms with Crippen molar-refractivity contribution in [2.45, 2.75) is 25.1 Å². The Balaban J connectivity index is 1.90. The summed E-state index contributed by atoms with van der Waals surface area (Å²) in [4.78, 5) is 12.2. The van der Waals surface area contributed by atoms with Crippen molar-refractivity contribution in [2.24, 2.45) is 0 Å². The Morgan fingerprint density at radius 3 is 1.97 bits per heavy atom. The standard InChI is InChI=1S/C21H28N2O6S/c1-22-30(25,26)14-16-7-5-15(6-8-16)13-23-20(24)10-9-17-11-18(27-2)21(29-4)19(12-17)28-3/h5-8,11-12,22H,9-10,13-14H2,1-4H3,(H,23,24). The van der Waals surface area contributed by atoms with Crippen molar-refractivity contribution in [1.82, 2.24) is 10.0 Å². The summed E-state index contributed by atoms with van der Waals surface area (Å²) in [5.41, 5.74) is 2.47. The number of methoxy groups -OCH3 is 3. The van der Waals surface area contributed by atoms with Crippen molar-refractivity contribution in [3.63, 3.8) is 0 Å². The predicted octanol–water partition coefficient (Wildman–Crippen LogP) is 2.01. The first-order valence-electron chi connectivity index (χ1n) is 9.36. The third-order valence-corrected chi connectivity index (χ3v) is 5.88. The van der Waals surface area contributed by atoms with Gasteiger partial charge in [-0.3, -0.25) is 4.79 Å². The van der Waals surface area contributed by atoms with Crippen molar-refractivity contribution >= 4 is 15.9 Å². The summed E-state index contributed by atoms with van der Waals surface area (Å²) in [6, 6.07) is 10.7. The van der Waals surface area contributed by atoms with Crippen molar-refractivity contribution in [2.75, 3.05) is 28.4 Å². The first kappa shape index (κ1) is 23.5. The lowest BCUT2D eigenvalue weighted by Gasteiger charge is -2.14. The number of ether oxygens (including phenoxy) is 3. The molecule has 0 aliphatic rings. The molecule has 0 aliphatic carbocycles. The average Bonchev–Trinajstić information content (AvgIpc) is 2.76. The van der Waals surface area contributed by atoms with Crippen LogP contribution in [0.25, 0.3) is 0 Å². The number of benzene rings is 2. The second-order valence-corrected chi connectivity index (χ2v) is 8.52. The van der Waals surface area contributed by atoms with Gasteiger partial charge >= 0.3 is 0 Å². The number of carbonyl (C=O) groups excluding carboxylic acids is 1. The average molecular weight is 437 g/mol. The van der Waals surface area contributed by atoms with Gasteiger partial charge in [-0.05, 0) is 42.3 Å². The Kier molecular flexibility index (Phi) is 8.49. The summed E-state index contributed by atoms with van der Waals surface area (Å²) in [6.45, 7) is 0.368. The molecule has 0 saturated heterocycles. The van der Waals surface area contributed by atoms with Gasteiger partial charge in [0.25, 0.3) is 0 Å². The normalized spacial score (nSPS) is 11.1. The van der Waals surface area contributed by atoms with Crippen LogP contribution in [0.4, 0.5) is 0 Å². The molecule has 2 N–H and O–H groups in total. The molecule has 2 rings (SSSR count). The Morgan fingerprint density at radius 1 is 0.900 bits per heavy atom. The lowest BCUT2D eigenvalue weighted by molar-refractivity contribution is -0.121. The molecule has 9 heteroatoms. The fourth-order valence-corrected chi connectivity index (χ4v) is 3.65. The topological polar surface area (TPSA) is 103 Å². The summed E-state index contributed by atoms with van der Waals surface area (Å²) >= 11 is 0. The van der Waals surface area contributed by atoms with E-state index < -0.39 is 10.0 Å². The minimum absolute atomic E-state index is 0.0784. The first-order valence-corrected chi connectivity index (χ1v) is 11.0. The van der Waals surface area contributed by atoms with Crippen LogP contribution in [-0.2, 0) is 33.5 Å². The predicted molar refractivity (Wildman–Crippen MR) is 114 cm³/mol. The third-order valence-electron chi connectivity index (χ3n) is 4.55. The highest BCUT2D eigenvalue weighted by atomic mass is 32.2. The van der Waals surface area contributed by atoms with Gasteiger partial charge in [0.2, 0.25) is 21.7 Å². The molecule has 0 fully saturated rings. The lowest BCUT2D eigenvalue weighted by Crippen LogP contribution is -2.23. The van der Waals surface area contributed by atoms with Gasteiger partial charge in [-0.15, -0.1) is 0 Å². The maximum atomic E-state index is 12.2. The van der Waals surface area contributed by atoms with Gasteiger partial charge < -0.3 is 19.5 Å². The van der Waals surface area contributed by atoms with Crippen LogP contribution in [0.2, 0.25) is 0 Å². The van der Waals surface area contributed by atoms with E-state index in [1.807, 2.05) is 12.1 Å². The highest BCUT2D eigenvalue weighted by Gasteiger charge is 2.14. The number of hydrogen-bond donors (Lipinski definition) is 2. The number of sulfonamides is 1. The van der Waals surface area contributed by atoms with Gasteiger partial charge in [-0.2, -0.15) is 0 Å². The second kappa shape index (κ2) is 10.8. The maximum absolute atomic E-state index is 12.2. The molecule has 0 spiro atoms. The zero-order valence-corrected chi connectivity index (χ0v) is 18.5. The molecule has 0 aliphatic heterocycles. The molecule has 1 amide bonds. The number of aryl methyl sites for hydroxylation is 1. The van der Waals surface area contributed by atoms with E-state index in [1.54, 1.807) is 45.6 Å². The number of hydrogen-bond acceptors (Lipinski definition) is 6. The van der Waals surface area contributed by atoms with E-state index in [2.05, 4.69) is 10.0 Å². The van der Waals surface area contributed by atoms with Gasteiger partial charge in [0, 0.05) is 13.0 Å². The largest absolute Gasteiger partial charge is 0.493 e. The number of rotatable bonds is 11. The Bertz CT molecular complexity index is 933. The van der Waals surface area contributed by atoms with Crippen LogP contribution in [-0.4, -0.2) is 42.7 Å². The van der Waals surface area contributed by atoms with Crippen molar-refractivity contribution in [3.05, 3.63) is 53.1 Å². The van der Waals surface area contributed by atoms with Crippen molar-refractivity contribution < 1.29 is 27.4 Å². The van der Waals surface area contributed by atoms with E-state index in [0.717, 1.165) is 11.1 Å². The van der Waals surface area contributed by atoms with Crippen LogP contribution in [0, 0.1) is 0 Å². The SMILES string of the molecule is CNS(=O)(=O)Cc1ccc(CNC(=O)CCc2cc(OC)c(OC)c(OC)c2)cc1. The minimum atomic E-state index is -3.30. The second-order valence-electron chi connectivity index (χ2n) is 6.59. The minimum Gasteiger partial charge on any atom is -0.493 e. The Morgan fingerprint density at radius 2 is 1.47 bits per heavy atom. The van der Waals surface area contributed by atoms with Crippen LogP contribution < -0.4 is 24.2 Å². The summed E-state index contributed by atoms with van der Waals surface area (Å²) in [6.07, 6.45) is 0.820. The smallest absolute Gasteiger partial charge is 0.220 e. The van der Waals surface area contributed by atoms with E-state index in [1.165, 1.54) is 7.05 Å². The van der Waals surface area contributed by atoms with E-state index in [4.69, 9.17) is 14.2 Å². The number of nitrogens with one attached hydrogen (secondary N) is 2. The molecular formula is C21H28N2O6S. The summed E-state index contributed by atoms with van der Waals surface area (Å²) < 4.78 is 41.4. The molecule has 0 bridgehead atoms. The van der Waals surface area contributed by atoms with Crippen molar-refractivity contribution in [1.29, 1.82) is 0 Å². The summed E-state index contributed by atoms with van der Waals surface area (Å²) in [5, 5.41) is 2.87. The van der Waals surface area contributed by atoms with Crippen LogP contribution in [0.1, 0.15) is 23.1 Å². The molecule has 0 heterocycles. The fourth-order valence-electron chi connectivity index (χ4n) is 2.87. The quantitative estimate of drug-likeness (QED) is 0.559. The zero-order valence-electron chi connectivity index (χ0n) is 17.7. The monoisotopic (exact) mass is 436 g/mol. The summed E-state index contributed by atoms with van der Waals surface area (Å²) in [5.74, 6) is 1.44. The Labute approximate surface area is 177 Å². The molecular weight excluding hydrogens is 408 g/mol. The molecule has 30 heavy (non-hydrogen) atoms. The highest BCUT2D eigenvalue weighted by molar-refractivity contribution is 7.88. The molecule has 0 radical (unpaired) electrons. The van der Waals surface area contributed by atoms with Gasteiger partial charge in [0.1, 0.15) is 0 Å². The van der Waals surface area contributed by atoms with Crippen LogP contribution >= 0.6 is 0 Å². The van der Waals surface area contributed by atoms with E-state index in [0.29, 0.717) is 42.2 Å². The zero-order chi connectivity index (χ0) is 22.1. The lowest BCUT2D eigenvalue weighted by atomic mass is 10.1. The van der Waals surface area contributed by atoms with Gasteiger partial charge in [-0.25, -0.2) is 13.1 Å². The Hall–Kier alpha value is -2.78. The summed E-state index contributed by atoms with van der Waals surface area (Å²) in [7, 11) is 2.72. The highest BCUT2D eigenvalue weighted by Crippen LogP contribution is 2.38. The molecule has 0 aromatic heterocycles. The number of carbonyl (C=O) groups is 1. The van der Waals surface area contributed by atoms with Crippen molar-refractivity contribution in [3.8, 4) is 17.2 Å². The molecule has 0 atom stereocenters. The molecule has 2 aromatic rings. The molecule has 164 valence electrons. The fraction of sp³-hybridized carbons (Fsp3) is 0.381. The van der Waals surface area contributed by atoms with E-state index >= 15 is 0 Å². The molecule has 2 aromatic carbocycles. The van der Waals surface area contributed by atoms with Crippen LogP contribution in [0.3, 0.4) is 0 Å². The van der Waals surface area contributed by atoms with Gasteiger partial charge in [0.15, 0.2) is 11.5 Å². The van der Waals surface area contributed by atoms with Gasteiger partial charge in [0.05, 0.1) is 27.1 Å². The number of amides is 1. The molecule has 8 nitrogen and oxygen atoms in total. The maximum Gasteiger partial charge on any atom is 0.220 e. The van der Waals surface area contributed by atoms with Gasteiger partial charge in [-0.1, -0.05) is 24.3 Å².